The second kappa shape index (κ2) is 66.3. The molecule has 0 bridgehead atoms. The molecule has 570 valence electrons. The Morgan fingerprint density at radius 3 is 0.740 bits per heavy atom. The lowest BCUT2D eigenvalue weighted by Gasteiger charge is -2.21. The van der Waals surface area contributed by atoms with Crippen molar-refractivity contribution in [2.75, 3.05) is 39.6 Å². The summed E-state index contributed by atoms with van der Waals surface area (Å²) in [5.41, 5.74) is 0. The van der Waals surface area contributed by atoms with Crippen molar-refractivity contribution in [3.63, 3.8) is 0 Å². The number of carbonyl (C=O) groups is 4. The Hall–Kier alpha value is -1.94. The van der Waals surface area contributed by atoms with Crippen LogP contribution in [0.2, 0.25) is 0 Å². The van der Waals surface area contributed by atoms with Crippen molar-refractivity contribution >= 4 is 39.5 Å². The van der Waals surface area contributed by atoms with Crippen LogP contribution in [0.4, 0.5) is 0 Å². The minimum atomic E-state index is -4.96. The fourth-order valence-electron chi connectivity index (χ4n) is 11.7. The van der Waals surface area contributed by atoms with E-state index in [-0.39, 0.29) is 25.7 Å². The summed E-state index contributed by atoms with van der Waals surface area (Å²) in [6, 6.07) is 0. The number of phosphoric ester groups is 2. The predicted molar refractivity (Wildman–Crippen MR) is 391 cm³/mol. The largest absolute Gasteiger partial charge is 0.472 e. The molecule has 0 saturated carbocycles. The number of hydrogen-bond acceptors (Lipinski definition) is 15. The van der Waals surface area contributed by atoms with E-state index in [9.17, 15) is 43.2 Å². The average molecular weight is 1410 g/mol. The highest BCUT2D eigenvalue weighted by Crippen LogP contribution is 2.45. The highest BCUT2D eigenvalue weighted by molar-refractivity contribution is 7.47. The quantitative estimate of drug-likeness (QED) is 0.0222. The van der Waals surface area contributed by atoms with Crippen molar-refractivity contribution in [3.8, 4) is 0 Å². The van der Waals surface area contributed by atoms with E-state index in [2.05, 4.69) is 55.4 Å². The molecule has 0 spiro atoms. The van der Waals surface area contributed by atoms with E-state index >= 15 is 0 Å². The molecule has 0 aliphatic carbocycles. The maximum atomic E-state index is 13.1. The molecule has 0 fully saturated rings. The lowest BCUT2D eigenvalue weighted by Crippen LogP contribution is -2.30. The first-order valence-corrected chi connectivity index (χ1v) is 42.8. The third-order valence-electron chi connectivity index (χ3n) is 18.5. The first-order valence-electron chi connectivity index (χ1n) is 39.8. The van der Waals surface area contributed by atoms with Crippen LogP contribution in [-0.2, 0) is 65.4 Å². The molecule has 7 atom stereocenters. The van der Waals surface area contributed by atoms with Gasteiger partial charge in [0.15, 0.2) is 12.2 Å². The minimum absolute atomic E-state index is 0.105. The smallest absolute Gasteiger partial charge is 0.462 e. The van der Waals surface area contributed by atoms with Gasteiger partial charge in [0.25, 0.3) is 0 Å². The monoisotopic (exact) mass is 1410 g/mol. The predicted octanol–water partition coefficient (Wildman–Crippen LogP) is 22.4. The molecular weight excluding hydrogens is 1260 g/mol. The maximum absolute atomic E-state index is 13.1. The van der Waals surface area contributed by atoms with Gasteiger partial charge in [0, 0.05) is 25.7 Å². The Kier molecular flexibility index (Phi) is 65.0. The SMILES string of the molecule is CCC(C)CCCCCCCCCCCCC(=O)O[C@H](COC(=O)CCCCCCCCCCCCCCCCCC(C)C)COP(=O)(O)OCC(O)COP(=O)(O)OC[C@@H](COC(=O)CCCCCCCCCC(C)C)OC(=O)CCCCCCCCCCCCC(C)CC. The number of unbranched alkanes of at least 4 members (excludes halogenated alkanes) is 38. The van der Waals surface area contributed by atoms with E-state index in [0.717, 1.165) is 114 Å². The number of carbonyl (C=O) groups excluding carboxylic acids is 4. The number of esters is 4. The molecule has 96 heavy (non-hydrogen) atoms. The van der Waals surface area contributed by atoms with Crippen LogP contribution in [0.1, 0.15) is 389 Å². The molecule has 0 rings (SSSR count). The highest BCUT2D eigenvalue weighted by atomic mass is 31.2. The molecule has 0 heterocycles. The van der Waals surface area contributed by atoms with Gasteiger partial charge in [-0.05, 0) is 49.4 Å². The molecule has 0 aromatic rings. The van der Waals surface area contributed by atoms with Gasteiger partial charge in [-0.1, -0.05) is 338 Å². The van der Waals surface area contributed by atoms with Gasteiger partial charge >= 0.3 is 39.5 Å². The minimum Gasteiger partial charge on any atom is -0.462 e. The first kappa shape index (κ1) is 94.1. The number of aliphatic hydroxyl groups excluding tert-OH is 1. The topological polar surface area (TPSA) is 237 Å². The summed E-state index contributed by atoms with van der Waals surface area (Å²) in [4.78, 5) is 72.9. The summed E-state index contributed by atoms with van der Waals surface area (Å²) in [5, 5.41) is 10.6. The molecule has 19 heteroatoms. The Morgan fingerprint density at radius 1 is 0.292 bits per heavy atom. The molecule has 3 N–H and O–H groups in total. The fraction of sp³-hybridized carbons (Fsp3) is 0.948. The summed E-state index contributed by atoms with van der Waals surface area (Å²) in [6.45, 7) is 14.2. The standard InChI is InChI=1S/C77H150O17P2/c1-9-69(7)55-47-39-31-23-18-20-26-34-43-51-59-76(81)93-72(63-87-74(79)57-49-41-33-25-17-15-13-11-12-14-16-22-29-37-45-53-67(3)4)65-91-95(83,84)89-61-71(78)62-90-96(85,86)92-66-73(64-88-75(80)58-50-42-36-28-30-38-46-54-68(5)6)94-77(82)60-52-44-35-27-21-19-24-32-40-48-56-70(8)10-2/h67-73,78H,9-66H2,1-8H3,(H,83,84)(H,85,86)/t69?,70?,71?,72-,73-/m1/s1. The van der Waals surface area contributed by atoms with Crippen LogP contribution in [0.5, 0.6) is 0 Å². The molecule has 17 nitrogen and oxygen atoms in total. The number of ether oxygens (including phenoxy) is 4. The van der Waals surface area contributed by atoms with Gasteiger partial charge in [0.2, 0.25) is 0 Å². The number of phosphoric acid groups is 2. The zero-order valence-corrected chi connectivity index (χ0v) is 64.8. The van der Waals surface area contributed by atoms with Crippen molar-refractivity contribution in [3.05, 3.63) is 0 Å². The molecule has 5 unspecified atom stereocenters. The van der Waals surface area contributed by atoms with Crippen LogP contribution in [0, 0.1) is 23.7 Å². The molecule has 0 aliphatic heterocycles. The van der Waals surface area contributed by atoms with Crippen LogP contribution in [-0.4, -0.2) is 96.7 Å². The molecular formula is C77H150O17P2. The molecule has 0 amide bonds. The number of rotatable bonds is 74. The first-order chi connectivity index (χ1) is 46.2. The van der Waals surface area contributed by atoms with Gasteiger partial charge in [0.1, 0.15) is 19.3 Å². The zero-order chi connectivity index (χ0) is 71.0. The van der Waals surface area contributed by atoms with Crippen molar-refractivity contribution < 1.29 is 80.2 Å². The zero-order valence-electron chi connectivity index (χ0n) is 63.0. The Bertz CT molecular complexity index is 1890. The number of aliphatic hydroxyl groups is 1. The molecule has 0 aromatic carbocycles. The van der Waals surface area contributed by atoms with E-state index in [1.54, 1.807) is 0 Å². The summed E-state index contributed by atoms with van der Waals surface area (Å²) >= 11 is 0. The summed E-state index contributed by atoms with van der Waals surface area (Å²) < 4.78 is 68.6. The van der Waals surface area contributed by atoms with Crippen LogP contribution in [0.25, 0.3) is 0 Å². The molecule has 0 aliphatic rings. The lowest BCUT2D eigenvalue weighted by molar-refractivity contribution is -0.161. The summed E-state index contributed by atoms with van der Waals surface area (Å²) in [7, 11) is -9.92. The number of hydrogen-bond donors (Lipinski definition) is 3. The van der Waals surface area contributed by atoms with Gasteiger partial charge in [-0.15, -0.1) is 0 Å². The second-order valence-corrected chi connectivity index (χ2v) is 32.1. The average Bonchev–Trinajstić information content (AvgIpc) is 2.39. The van der Waals surface area contributed by atoms with E-state index in [1.807, 2.05) is 0 Å². The summed E-state index contributed by atoms with van der Waals surface area (Å²) in [6.07, 6.45) is 51.3. The third kappa shape index (κ3) is 67.9. The Labute approximate surface area is 588 Å². The van der Waals surface area contributed by atoms with Gasteiger partial charge < -0.3 is 33.8 Å². The van der Waals surface area contributed by atoms with Gasteiger partial charge in [-0.3, -0.25) is 37.3 Å². The molecule has 0 radical (unpaired) electrons. The molecule has 0 aromatic heterocycles. The van der Waals surface area contributed by atoms with Gasteiger partial charge in [-0.25, -0.2) is 9.13 Å². The third-order valence-corrected chi connectivity index (χ3v) is 20.4. The second-order valence-electron chi connectivity index (χ2n) is 29.2. The highest BCUT2D eigenvalue weighted by Gasteiger charge is 2.30. The Balaban J connectivity index is 5.25. The maximum Gasteiger partial charge on any atom is 0.472 e. The van der Waals surface area contributed by atoms with Crippen LogP contribution in [0.3, 0.4) is 0 Å². The van der Waals surface area contributed by atoms with Gasteiger partial charge in [0.05, 0.1) is 26.4 Å². The van der Waals surface area contributed by atoms with E-state index in [1.165, 1.54) is 186 Å². The molecule has 0 saturated heterocycles. The van der Waals surface area contributed by atoms with Crippen LogP contribution in [0.15, 0.2) is 0 Å². The van der Waals surface area contributed by atoms with Crippen molar-refractivity contribution in [2.24, 2.45) is 23.7 Å². The Morgan fingerprint density at radius 2 is 0.500 bits per heavy atom. The van der Waals surface area contributed by atoms with E-state index in [4.69, 9.17) is 37.0 Å². The van der Waals surface area contributed by atoms with Crippen LogP contribution >= 0.6 is 15.6 Å². The van der Waals surface area contributed by atoms with Crippen molar-refractivity contribution in [2.45, 2.75) is 408 Å². The van der Waals surface area contributed by atoms with Crippen molar-refractivity contribution in [1.29, 1.82) is 0 Å². The van der Waals surface area contributed by atoms with Crippen LogP contribution < -0.4 is 0 Å². The normalized spacial score (nSPS) is 14.7. The van der Waals surface area contributed by atoms with E-state index < -0.39 is 97.5 Å². The lowest BCUT2D eigenvalue weighted by atomic mass is 9.99. The van der Waals surface area contributed by atoms with Gasteiger partial charge in [-0.2, -0.15) is 0 Å². The fourth-order valence-corrected chi connectivity index (χ4v) is 13.2. The van der Waals surface area contributed by atoms with E-state index in [0.29, 0.717) is 31.6 Å². The van der Waals surface area contributed by atoms with Crippen molar-refractivity contribution in [1.82, 2.24) is 0 Å². The summed E-state index contributed by atoms with van der Waals surface area (Å²) in [5.74, 6) is 0.997.